The average molecular weight is 305 g/mol. The third-order valence-corrected chi connectivity index (χ3v) is 4.66. The molecule has 5 nitrogen and oxygen atoms in total. The molecule has 0 saturated carbocycles. The molecule has 0 aliphatic carbocycles. The molecule has 110 valence electrons. The summed E-state index contributed by atoms with van der Waals surface area (Å²) in [7, 11) is -2.55. The van der Waals surface area contributed by atoms with Gasteiger partial charge < -0.3 is 4.74 Å². The van der Waals surface area contributed by atoms with Crippen LogP contribution < -0.4 is 9.04 Å². The lowest BCUT2D eigenvalue weighted by Gasteiger charge is -2.20. The summed E-state index contributed by atoms with van der Waals surface area (Å²) in [6.45, 7) is 1.86. The number of amides is 1. The third kappa shape index (κ3) is 2.90. The van der Waals surface area contributed by atoms with Crippen LogP contribution in [0.3, 0.4) is 0 Å². The summed E-state index contributed by atoms with van der Waals surface area (Å²) in [6.07, 6.45) is 0.271. The van der Waals surface area contributed by atoms with E-state index in [9.17, 15) is 13.2 Å². The van der Waals surface area contributed by atoms with Crippen LogP contribution in [-0.2, 0) is 14.8 Å². The van der Waals surface area contributed by atoms with Crippen molar-refractivity contribution in [3.8, 4) is 5.75 Å². The maximum absolute atomic E-state index is 12.6. The van der Waals surface area contributed by atoms with Gasteiger partial charge in [-0.05, 0) is 31.2 Å². The van der Waals surface area contributed by atoms with Crippen molar-refractivity contribution in [2.45, 2.75) is 11.8 Å². The topological polar surface area (TPSA) is 63.7 Å². The molecule has 0 unspecified atom stereocenters. The van der Waals surface area contributed by atoms with Gasteiger partial charge in [-0.15, -0.1) is 0 Å². The molecule has 0 aliphatic rings. The molecular weight excluding hydrogens is 290 g/mol. The van der Waals surface area contributed by atoms with E-state index >= 15 is 0 Å². The maximum Gasteiger partial charge on any atom is 0.270 e. The zero-order valence-corrected chi connectivity index (χ0v) is 12.5. The van der Waals surface area contributed by atoms with Crippen molar-refractivity contribution < 1.29 is 17.9 Å². The highest BCUT2D eigenvalue weighted by Crippen LogP contribution is 2.31. The molecule has 0 aromatic heterocycles. The zero-order valence-electron chi connectivity index (χ0n) is 11.7. The largest absolute Gasteiger partial charge is 0.495 e. The van der Waals surface area contributed by atoms with Crippen LogP contribution in [0.25, 0.3) is 0 Å². The Balaban J connectivity index is 2.54. The van der Waals surface area contributed by atoms with E-state index in [-0.39, 0.29) is 17.0 Å². The Kier molecular flexibility index (Phi) is 4.28. The number of aryl methyl sites for hydroxylation is 1. The van der Waals surface area contributed by atoms with Crippen molar-refractivity contribution in [3.05, 3.63) is 54.1 Å². The van der Waals surface area contributed by atoms with Crippen LogP contribution in [0.15, 0.2) is 53.4 Å². The monoisotopic (exact) mass is 305 g/mol. The first kappa shape index (κ1) is 15.1. The Hall–Kier alpha value is -2.34. The lowest BCUT2D eigenvalue weighted by atomic mass is 10.2. The number of rotatable bonds is 5. The molecule has 0 bridgehead atoms. The molecule has 2 rings (SSSR count). The van der Waals surface area contributed by atoms with Gasteiger partial charge in [-0.1, -0.05) is 29.8 Å². The predicted octanol–water partition coefficient (Wildman–Crippen LogP) is 2.36. The highest BCUT2D eigenvalue weighted by atomic mass is 32.2. The number of hydrogen-bond acceptors (Lipinski definition) is 4. The van der Waals surface area contributed by atoms with E-state index in [1.807, 2.05) is 6.92 Å². The second-order valence-corrected chi connectivity index (χ2v) is 6.21. The SMILES string of the molecule is COc1ccccc1N(C=O)S(=O)(=O)c1ccc(C)cc1. The number of carbonyl (C=O) groups excluding carboxylic acids is 1. The summed E-state index contributed by atoms with van der Waals surface area (Å²) < 4.78 is 31.0. The van der Waals surface area contributed by atoms with E-state index < -0.39 is 10.0 Å². The predicted molar refractivity (Wildman–Crippen MR) is 79.9 cm³/mol. The first-order chi connectivity index (χ1) is 10.0. The summed E-state index contributed by atoms with van der Waals surface area (Å²) in [5.41, 5.74) is 1.11. The molecule has 0 atom stereocenters. The molecule has 1 amide bonds. The van der Waals surface area contributed by atoms with Gasteiger partial charge in [-0.25, -0.2) is 12.7 Å². The molecule has 0 N–H and O–H groups in total. The van der Waals surface area contributed by atoms with Crippen molar-refractivity contribution in [2.24, 2.45) is 0 Å². The summed E-state index contributed by atoms with van der Waals surface area (Å²) >= 11 is 0. The van der Waals surface area contributed by atoms with Crippen molar-refractivity contribution in [1.29, 1.82) is 0 Å². The number of ether oxygens (including phenoxy) is 1. The van der Waals surface area contributed by atoms with Crippen molar-refractivity contribution in [2.75, 3.05) is 11.4 Å². The third-order valence-electron chi connectivity index (χ3n) is 3.00. The zero-order chi connectivity index (χ0) is 15.5. The fourth-order valence-electron chi connectivity index (χ4n) is 1.88. The number of hydrogen-bond donors (Lipinski definition) is 0. The minimum atomic E-state index is -3.97. The Labute approximate surface area is 123 Å². The van der Waals surface area contributed by atoms with E-state index in [1.165, 1.54) is 25.3 Å². The molecule has 6 heteroatoms. The van der Waals surface area contributed by atoms with Gasteiger partial charge in [0, 0.05) is 0 Å². The molecule has 0 saturated heterocycles. The molecule has 0 heterocycles. The van der Waals surface area contributed by atoms with E-state index in [0.29, 0.717) is 10.1 Å². The van der Waals surface area contributed by atoms with E-state index in [2.05, 4.69) is 0 Å². The minimum Gasteiger partial charge on any atom is -0.495 e. The van der Waals surface area contributed by atoms with Crippen LogP contribution >= 0.6 is 0 Å². The van der Waals surface area contributed by atoms with Gasteiger partial charge >= 0.3 is 0 Å². The van der Waals surface area contributed by atoms with Gasteiger partial charge in [0.15, 0.2) is 0 Å². The van der Waals surface area contributed by atoms with E-state index in [4.69, 9.17) is 4.74 Å². The minimum absolute atomic E-state index is 0.0473. The Morgan fingerprint density at radius 1 is 1.05 bits per heavy atom. The first-order valence-corrected chi connectivity index (χ1v) is 7.64. The summed E-state index contributed by atoms with van der Waals surface area (Å²) in [5, 5.41) is 0. The normalized spacial score (nSPS) is 11.0. The van der Waals surface area contributed by atoms with Crippen molar-refractivity contribution in [3.63, 3.8) is 0 Å². The number of sulfonamides is 1. The van der Waals surface area contributed by atoms with Gasteiger partial charge in [-0.2, -0.15) is 0 Å². The van der Waals surface area contributed by atoms with Crippen LogP contribution in [0, 0.1) is 6.92 Å². The maximum atomic E-state index is 12.6. The fourth-order valence-corrected chi connectivity index (χ4v) is 3.11. The van der Waals surface area contributed by atoms with Gasteiger partial charge in [0.25, 0.3) is 10.0 Å². The molecule has 0 fully saturated rings. The lowest BCUT2D eigenvalue weighted by molar-refractivity contribution is -0.106. The summed E-state index contributed by atoms with van der Waals surface area (Å²) in [5.74, 6) is 0.306. The van der Waals surface area contributed by atoms with E-state index in [1.54, 1.807) is 30.3 Å². The Morgan fingerprint density at radius 3 is 2.24 bits per heavy atom. The quantitative estimate of drug-likeness (QED) is 0.796. The number of nitrogens with zero attached hydrogens (tertiary/aromatic N) is 1. The van der Waals surface area contributed by atoms with Crippen LogP contribution in [-0.4, -0.2) is 21.9 Å². The van der Waals surface area contributed by atoms with E-state index in [0.717, 1.165) is 5.56 Å². The van der Waals surface area contributed by atoms with Crippen LogP contribution in [0.1, 0.15) is 5.56 Å². The molecule has 21 heavy (non-hydrogen) atoms. The van der Waals surface area contributed by atoms with Crippen LogP contribution in [0.5, 0.6) is 5.75 Å². The molecule has 2 aromatic rings. The molecule has 0 spiro atoms. The smallest absolute Gasteiger partial charge is 0.270 e. The second-order valence-electron chi connectivity index (χ2n) is 4.39. The van der Waals surface area contributed by atoms with Crippen molar-refractivity contribution in [1.82, 2.24) is 0 Å². The highest BCUT2D eigenvalue weighted by molar-refractivity contribution is 7.93. The standard InChI is InChI=1S/C15H15NO4S/c1-12-7-9-13(10-8-12)21(18,19)16(11-17)14-5-3-4-6-15(14)20-2/h3-11H,1-2H3. The fraction of sp³-hybridized carbons (Fsp3) is 0.133. The van der Waals surface area contributed by atoms with Gasteiger partial charge in [0.2, 0.25) is 6.41 Å². The van der Waals surface area contributed by atoms with Gasteiger partial charge in [-0.3, -0.25) is 4.79 Å². The first-order valence-electron chi connectivity index (χ1n) is 6.20. The number of anilines is 1. The number of methoxy groups -OCH3 is 1. The molecule has 0 aliphatic heterocycles. The number of benzene rings is 2. The van der Waals surface area contributed by atoms with Gasteiger partial charge in [0.05, 0.1) is 12.0 Å². The Bertz CT molecular complexity index is 739. The molecule has 2 aromatic carbocycles. The molecule has 0 radical (unpaired) electrons. The lowest BCUT2D eigenvalue weighted by Crippen LogP contribution is -2.29. The van der Waals surface area contributed by atoms with Crippen molar-refractivity contribution >= 4 is 22.1 Å². The second kappa shape index (κ2) is 5.97. The Morgan fingerprint density at radius 2 is 1.67 bits per heavy atom. The number of carbonyl (C=O) groups is 1. The molecular formula is C15H15NO4S. The summed E-state index contributed by atoms with van der Waals surface area (Å²) in [4.78, 5) is 11.4. The highest BCUT2D eigenvalue weighted by Gasteiger charge is 2.26. The van der Waals surface area contributed by atoms with Crippen LogP contribution in [0.4, 0.5) is 5.69 Å². The van der Waals surface area contributed by atoms with Crippen LogP contribution in [0.2, 0.25) is 0 Å². The number of para-hydroxylation sites is 2. The average Bonchev–Trinajstić information content (AvgIpc) is 2.48. The van der Waals surface area contributed by atoms with Gasteiger partial charge in [0.1, 0.15) is 11.4 Å². The summed E-state index contributed by atoms with van der Waals surface area (Å²) in [6, 6.07) is 12.7.